The van der Waals surface area contributed by atoms with E-state index in [9.17, 15) is 14.4 Å². The monoisotopic (exact) mass is 406 g/mol. The van der Waals surface area contributed by atoms with Crippen molar-refractivity contribution in [2.24, 2.45) is 0 Å². The van der Waals surface area contributed by atoms with Gasteiger partial charge in [0.2, 0.25) is 0 Å². The van der Waals surface area contributed by atoms with Crippen LogP contribution in [0.3, 0.4) is 0 Å². The molecule has 0 aliphatic carbocycles. The standard InChI is InChI=1S/C13H12Br2O5/c1-7(16)19-6-10-5-9(12(18)13(14)15)3-4-11(10)20-8(2)17/h3-5,13H,6H2,1-2H3. The van der Waals surface area contributed by atoms with Crippen LogP contribution in [-0.2, 0) is 20.9 Å². The summed E-state index contributed by atoms with van der Waals surface area (Å²) in [5.74, 6) is -0.888. The van der Waals surface area contributed by atoms with Gasteiger partial charge in [-0.1, -0.05) is 31.9 Å². The summed E-state index contributed by atoms with van der Waals surface area (Å²) in [7, 11) is 0. The van der Waals surface area contributed by atoms with E-state index in [1.807, 2.05) is 0 Å². The predicted octanol–water partition coefficient (Wildman–Crippen LogP) is 2.97. The van der Waals surface area contributed by atoms with Crippen LogP contribution in [0.4, 0.5) is 0 Å². The second-order valence-corrected chi connectivity index (χ2v) is 6.92. The highest BCUT2D eigenvalue weighted by Gasteiger charge is 2.17. The molecule has 0 amide bonds. The number of ketones is 1. The second kappa shape index (κ2) is 7.54. The maximum absolute atomic E-state index is 11.9. The van der Waals surface area contributed by atoms with Crippen LogP contribution in [-0.4, -0.2) is 21.5 Å². The van der Waals surface area contributed by atoms with Crippen molar-refractivity contribution >= 4 is 49.6 Å². The number of esters is 2. The van der Waals surface area contributed by atoms with Crippen molar-refractivity contribution in [3.05, 3.63) is 29.3 Å². The smallest absolute Gasteiger partial charge is 0.308 e. The molecule has 0 spiro atoms. The first-order valence-electron chi connectivity index (χ1n) is 5.58. The summed E-state index contributed by atoms with van der Waals surface area (Å²) in [6, 6.07) is 4.56. The third kappa shape index (κ3) is 5.05. The lowest BCUT2D eigenvalue weighted by molar-refractivity contribution is -0.142. The Morgan fingerprint density at radius 2 is 1.80 bits per heavy atom. The van der Waals surface area contributed by atoms with Gasteiger partial charge in [0.15, 0.2) is 5.78 Å². The molecule has 0 aliphatic heterocycles. The number of halogens is 2. The number of carbonyl (C=O) groups excluding carboxylic acids is 3. The van der Waals surface area contributed by atoms with Crippen LogP contribution in [0, 0.1) is 0 Å². The molecule has 0 saturated heterocycles. The van der Waals surface area contributed by atoms with E-state index in [2.05, 4.69) is 31.9 Å². The molecule has 0 N–H and O–H groups in total. The molecule has 1 rings (SSSR count). The zero-order chi connectivity index (χ0) is 15.3. The van der Waals surface area contributed by atoms with E-state index < -0.39 is 15.7 Å². The van der Waals surface area contributed by atoms with Crippen LogP contribution in [0.25, 0.3) is 0 Å². The lowest BCUT2D eigenvalue weighted by Gasteiger charge is -2.11. The highest BCUT2D eigenvalue weighted by molar-refractivity contribution is 9.25. The van der Waals surface area contributed by atoms with Crippen molar-refractivity contribution in [2.45, 2.75) is 24.2 Å². The summed E-state index contributed by atoms with van der Waals surface area (Å²) in [6.45, 7) is 2.46. The van der Waals surface area contributed by atoms with Gasteiger partial charge in [-0.15, -0.1) is 0 Å². The Hall–Kier alpha value is -1.21. The highest BCUT2D eigenvalue weighted by atomic mass is 79.9. The summed E-state index contributed by atoms with van der Waals surface area (Å²) in [5, 5.41) is 0. The van der Waals surface area contributed by atoms with E-state index >= 15 is 0 Å². The maximum atomic E-state index is 11.9. The molecule has 7 heteroatoms. The number of hydrogen-bond acceptors (Lipinski definition) is 5. The average Bonchev–Trinajstić information content (AvgIpc) is 2.35. The zero-order valence-electron chi connectivity index (χ0n) is 10.8. The lowest BCUT2D eigenvalue weighted by Crippen LogP contribution is -2.10. The minimum absolute atomic E-state index is 0.0751. The number of Topliss-reactive ketones (excluding diaryl/α,β-unsaturated/α-hetero) is 1. The van der Waals surface area contributed by atoms with Gasteiger partial charge in [-0.3, -0.25) is 14.4 Å². The fourth-order valence-electron chi connectivity index (χ4n) is 1.41. The van der Waals surface area contributed by atoms with Crippen LogP contribution in [0.15, 0.2) is 18.2 Å². The van der Waals surface area contributed by atoms with E-state index in [4.69, 9.17) is 9.47 Å². The van der Waals surface area contributed by atoms with Crippen molar-refractivity contribution in [2.75, 3.05) is 0 Å². The lowest BCUT2D eigenvalue weighted by atomic mass is 10.1. The molecular weight excluding hydrogens is 396 g/mol. The molecule has 0 saturated carbocycles. The molecule has 0 radical (unpaired) electrons. The first kappa shape index (κ1) is 16.8. The van der Waals surface area contributed by atoms with Crippen molar-refractivity contribution < 1.29 is 23.9 Å². The van der Waals surface area contributed by atoms with Gasteiger partial charge in [0.1, 0.15) is 16.1 Å². The normalized spacial score (nSPS) is 10.2. The van der Waals surface area contributed by atoms with Crippen LogP contribution in [0.5, 0.6) is 5.75 Å². The molecule has 1 aromatic carbocycles. The summed E-state index contributed by atoms with van der Waals surface area (Å²) < 4.78 is 9.37. The number of hydrogen-bond donors (Lipinski definition) is 0. The summed E-state index contributed by atoms with van der Waals surface area (Å²) >= 11 is 6.24. The number of ether oxygens (including phenoxy) is 2. The van der Waals surface area contributed by atoms with Gasteiger partial charge in [-0.25, -0.2) is 0 Å². The van der Waals surface area contributed by atoms with E-state index in [-0.39, 0.29) is 18.1 Å². The molecule has 0 aromatic heterocycles. The van der Waals surface area contributed by atoms with Gasteiger partial charge in [-0.05, 0) is 18.2 Å². The van der Waals surface area contributed by atoms with E-state index in [1.54, 1.807) is 0 Å². The summed E-state index contributed by atoms with van der Waals surface area (Å²) in [4.78, 5) is 33.7. The molecule has 1 aromatic rings. The summed E-state index contributed by atoms with van der Waals surface area (Å²) in [5.41, 5.74) is 0.851. The molecule has 5 nitrogen and oxygen atoms in total. The van der Waals surface area contributed by atoms with Crippen LogP contribution in [0.2, 0.25) is 0 Å². The van der Waals surface area contributed by atoms with Crippen molar-refractivity contribution in [1.82, 2.24) is 0 Å². The number of alkyl halides is 2. The fraction of sp³-hybridized carbons (Fsp3) is 0.308. The minimum atomic E-state index is -0.517. The van der Waals surface area contributed by atoms with Crippen LogP contribution < -0.4 is 4.74 Å². The SMILES string of the molecule is CC(=O)OCc1cc(C(=O)C(Br)Br)ccc1OC(C)=O. The summed E-state index contributed by atoms with van der Waals surface area (Å²) in [6.07, 6.45) is 0. The van der Waals surface area contributed by atoms with Crippen LogP contribution >= 0.6 is 31.9 Å². The molecule has 0 unspecified atom stereocenters. The Labute approximate surface area is 132 Å². The van der Waals surface area contributed by atoms with E-state index in [1.165, 1.54) is 32.0 Å². The minimum Gasteiger partial charge on any atom is -0.461 e. The number of benzene rings is 1. The first-order valence-corrected chi connectivity index (χ1v) is 7.41. The third-order valence-electron chi connectivity index (χ3n) is 2.23. The Morgan fingerprint density at radius 1 is 1.15 bits per heavy atom. The largest absolute Gasteiger partial charge is 0.461 e. The molecule has 0 heterocycles. The molecular formula is C13H12Br2O5. The predicted molar refractivity (Wildman–Crippen MR) is 79.2 cm³/mol. The first-order chi connectivity index (χ1) is 9.31. The van der Waals surface area contributed by atoms with E-state index in [0.29, 0.717) is 11.1 Å². The maximum Gasteiger partial charge on any atom is 0.308 e. The molecule has 0 aliphatic rings. The zero-order valence-corrected chi connectivity index (χ0v) is 14.0. The van der Waals surface area contributed by atoms with Gasteiger partial charge in [-0.2, -0.15) is 0 Å². The van der Waals surface area contributed by atoms with Crippen LogP contribution in [0.1, 0.15) is 29.8 Å². The average molecular weight is 408 g/mol. The number of rotatable bonds is 5. The Balaban J connectivity index is 3.10. The Kier molecular flexibility index (Phi) is 6.35. The van der Waals surface area contributed by atoms with Gasteiger partial charge < -0.3 is 9.47 Å². The van der Waals surface area contributed by atoms with Crippen molar-refractivity contribution in [3.63, 3.8) is 0 Å². The number of carbonyl (C=O) groups is 3. The third-order valence-corrected chi connectivity index (χ3v) is 3.06. The molecule has 0 atom stereocenters. The van der Waals surface area contributed by atoms with Crippen molar-refractivity contribution in [1.29, 1.82) is 0 Å². The fourth-order valence-corrected chi connectivity index (χ4v) is 1.93. The van der Waals surface area contributed by atoms with Gasteiger partial charge in [0.05, 0.1) is 0 Å². The quantitative estimate of drug-likeness (QED) is 0.325. The van der Waals surface area contributed by atoms with Gasteiger partial charge in [0, 0.05) is 25.0 Å². The molecule has 0 bridgehead atoms. The second-order valence-electron chi connectivity index (χ2n) is 3.86. The van der Waals surface area contributed by atoms with Gasteiger partial charge in [0.25, 0.3) is 0 Å². The Bertz CT molecular complexity index is 540. The molecule has 0 fully saturated rings. The molecule has 108 valence electrons. The highest BCUT2D eigenvalue weighted by Crippen LogP contribution is 2.24. The van der Waals surface area contributed by atoms with E-state index in [0.717, 1.165) is 0 Å². The van der Waals surface area contributed by atoms with Gasteiger partial charge >= 0.3 is 11.9 Å². The molecule has 20 heavy (non-hydrogen) atoms. The Morgan fingerprint density at radius 3 is 2.30 bits per heavy atom. The van der Waals surface area contributed by atoms with Crippen molar-refractivity contribution in [3.8, 4) is 5.75 Å². The topological polar surface area (TPSA) is 69.7 Å².